The first kappa shape index (κ1) is 22.9. The van der Waals surface area contributed by atoms with E-state index < -0.39 is 0 Å². The minimum absolute atomic E-state index is 0. The highest BCUT2D eigenvalue weighted by atomic mass is 127. The second-order valence-electron chi connectivity index (χ2n) is 7.19. The number of nitrogens with zero attached hydrogens (tertiary/aromatic N) is 4. The van der Waals surface area contributed by atoms with Gasteiger partial charge in [0.15, 0.2) is 17.6 Å². The van der Waals surface area contributed by atoms with Gasteiger partial charge in [-0.1, -0.05) is 12.1 Å². The van der Waals surface area contributed by atoms with Gasteiger partial charge in [0.25, 0.3) is 11.8 Å². The Morgan fingerprint density at radius 2 is 1.90 bits per heavy atom. The van der Waals surface area contributed by atoms with Gasteiger partial charge in [-0.2, -0.15) is 0 Å². The molecule has 3 heterocycles. The average Bonchev–Trinajstić information content (AvgIpc) is 3.32. The third kappa shape index (κ3) is 4.78. The van der Waals surface area contributed by atoms with E-state index in [1.165, 1.54) is 11.0 Å². The number of rotatable bonds is 5. The zero-order valence-corrected chi connectivity index (χ0v) is 19.4. The van der Waals surface area contributed by atoms with Gasteiger partial charge in [-0.3, -0.25) is 19.5 Å². The Bertz CT molecular complexity index is 966. The molecule has 0 aliphatic carbocycles. The number of benzene rings is 1. The lowest BCUT2D eigenvalue weighted by Gasteiger charge is -2.20. The maximum atomic E-state index is 14.0. The molecule has 1 aromatic carbocycles. The number of aliphatic imine (C=N–C) groups is 1. The summed E-state index contributed by atoms with van der Waals surface area (Å²) in [6, 6.07) is 9.89. The van der Waals surface area contributed by atoms with Crippen LogP contribution < -0.4 is 15.5 Å². The lowest BCUT2D eigenvalue weighted by atomic mass is 10.1. The summed E-state index contributed by atoms with van der Waals surface area (Å²) in [5.41, 5.74) is 0.885. The van der Waals surface area contributed by atoms with Crippen LogP contribution in [0.15, 0.2) is 47.6 Å². The second-order valence-corrected chi connectivity index (χ2v) is 7.19. The lowest BCUT2D eigenvalue weighted by Crippen LogP contribution is -2.47. The van der Waals surface area contributed by atoms with E-state index in [0.717, 1.165) is 6.42 Å². The molecular weight excluding hydrogens is 514 g/mol. The molecule has 2 aromatic rings. The monoisotopic (exact) mass is 538 g/mol. The standard InChI is InChI=1S/C21H23FN6O2.HI/c1-23-21(26-14-8-11-27(13-14)18-17(22)7-4-9-24-18)25-10-12-28-19(29)15-5-2-3-6-16(15)20(28)30;/h2-7,9,14H,8,10-13H2,1H3,(H2,23,25,26);1H. The van der Waals surface area contributed by atoms with Crippen molar-refractivity contribution < 1.29 is 14.0 Å². The van der Waals surface area contributed by atoms with Crippen molar-refractivity contribution in [3.05, 3.63) is 59.5 Å². The van der Waals surface area contributed by atoms with Crippen LogP contribution in [0, 0.1) is 5.82 Å². The van der Waals surface area contributed by atoms with Crippen molar-refractivity contribution in [3.63, 3.8) is 0 Å². The molecule has 10 heteroatoms. The molecule has 0 bridgehead atoms. The average molecular weight is 538 g/mol. The van der Waals surface area contributed by atoms with Crippen LogP contribution in [0.4, 0.5) is 10.2 Å². The van der Waals surface area contributed by atoms with Gasteiger partial charge in [-0.15, -0.1) is 24.0 Å². The number of anilines is 1. The number of hydrogen-bond acceptors (Lipinski definition) is 5. The molecule has 0 saturated carbocycles. The van der Waals surface area contributed by atoms with Crippen LogP contribution >= 0.6 is 24.0 Å². The minimum Gasteiger partial charge on any atom is -0.355 e. The van der Waals surface area contributed by atoms with E-state index in [1.54, 1.807) is 43.6 Å². The summed E-state index contributed by atoms with van der Waals surface area (Å²) >= 11 is 0. The highest BCUT2D eigenvalue weighted by Gasteiger charge is 2.34. The molecule has 31 heavy (non-hydrogen) atoms. The number of amides is 2. The lowest BCUT2D eigenvalue weighted by molar-refractivity contribution is 0.0657. The van der Waals surface area contributed by atoms with Gasteiger partial charge in [-0.05, 0) is 30.7 Å². The quantitative estimate of drug-likeness (QED) is 0.262. The Balaban J connectivity index is 0.00000272. The third-order valence-corrected chi connectivity index (χ3v) is 5.30. The van der Waals surface area contributed by atoms with Gasteiger partial charge in [0.1, 0.15) is 0 Å². The molecule has 8 nitrogen and oxygen atoms in total. The molecule has 1 aromatic heterocycles. The molecule has 1 atom stereocenters. The molecule has 164 valence electrons. The summed E-state index contributed by atoms with van der Waals surface area (Å²) in [6.45, 7) is 1.91. The molecule has 2 aliphatic rings. The fraction of sp³-hybridized carbons (Fsp3) is 0.333. The number of halogens is 2. The van der Waals surface area contributed by atoms with E-state index in [4.69, 9.17) is 0 Å². The predicted molar refractivity (Wildman–Crippen MR) is 127 cm³/mol. The SMILES string of the molecule is CN=C(NCCN1C(=O)c2ccccc2C1=O)NC1CCN(c2ncccc2F)C1.I. The van der Waals surface area contributed by atoms with Crippen molar-refractivity contribution in [1.82, 2.24) is 20.5 Å². The molecule has 0 spiro atoms. The molecule has 2 amide bonds. The first-order chi connectivity index (χ1) is 14.6. The number of imide groups is 1. The van der Waals surface area contributed by atoms with Crippen LogP contribution in [-0.4, -0.2) is 66.9 Å². The Hall–Kier alpha value is -2.76. The Morgan fingerprint density at radius 1 is 1.19 bits per heavy atom. The first-order valence-corrected chi connectivity index (χ1v) is 9.86. The topological polar surface area (TPSA) is 89.9 Å². The normalized spacial score (nSPS) is 18.1. The number of carbonyl (C=O) groups is 2. The predicted octanol–water partition coefficient (Wildman–Crippen LogP) is 1.88. The Kier molecular flexibility index (Phi) is 7.42. The van der Waals surface area contributed by atoms with E-state index >= 15 is 0 Å². The number of hydrogen-bond donors (Lipinski definition) is 2. The number of fused-ring (bicyclic) bond motifs is 1. The molecule has 1 unspecified atom stereocenters. The molecule has 2 N–H and O–H groups in total. The molecule has 0 radical (unpaired) electrons. The van der Waals surface area contributed by atoms with Gasteiger partial charge in [-0.25, -0.2) is 9.37 Å². The van der Waals surface area contributed by atoms with Crippen molar-refractivity contribution >= 4 is 47.6 Å². The maximum Gasteiger partial charge on any atom is 0.261 e. The van der Waals surface area contributed by atoms with Crippen LogP contribution in [0.25, 0.3) is 0 Å². The number of carbonyl (C=O) groups excluding carboxylic acids is 2. The minimum atomic E-state index is -0.332. The zero-order chi connectivity index (χ0) is 21.1. The number of pyridine rings is 1. The molecule has 1 saturated heterocycles. The second kappa shape index (κ2) is 10.0. The van der Waals surface area contributed by atoms with Crippen LogP contribution in [0.5, 0.6) is 0 Å². The molecular formula is C21H24FIN6O2. The van der Waals surface area contributed by atoms with E-state index in [0.29, 0.717) is 42.5 Å². The Labute approximate surface area is 196 Å². The van der Waals surface area contributed by atoms with Gasteiger partial charge < -0.3 is 15.5 Å². The summed E-state index contributed by atoms with van der Waals surface area (Å²) in [5, 5.41) is 6.45. The fourth-order valence-electron chi connectivity index (χ4n) is 3.80. The zero-order valence-electron chi connectivity index (χ0n) is 17.0. The van der Waals surface area contributed by atoms with Crippen LogP contribution in [0.1, 0.15) is 27.1 Å². The van der Waals surface area contributed by atoms with Crippen molar-refractivity contribution in [3.8, 4) is 0 Å². The summed E-state index contributed by atoms with van der Waals surface area (Å²) in [7, 11) is 1.66. The highest BCUT2D eigenvalue weighted by Crippen LogP contribution is 2.22. The maximum absolute atomic E-state index is 14.0. The van der Waals surface area contributed by atoms with E-state index in [2.05, 4.69) is 20.6 Å². The van der Waals surface area contributed by atoms with Gasteiger partial charge >= 0.3 is 0 Å². The van der Waals surface area contributed by atoms with E-state index in [-0.39, 0.29) is 54.2 Å². The van der Waals surface area contributed by atoms with Gasteiger partial charge in [0.2, 0.25) is 0 Å². The van der Waals surface area contributed by atoms with Crippen LogP contribution in [-0.2, 0) is 0 Å². The molecule has 2 aliphatic heterocycles. The fourth-order valence-corrected chi connectivity index (χ4v) is 3.80. The number of aromatic nitrogens is 1. The van der Waals surface area contributed by atoms with E-state index in [1.807, 2.05) is 4.90 Å². The van der Waals surface area contributed by atoms with Crippen molar-refractivity contribution in [1.29, 1.82) is 0 Å². The first-order valence-electron chi connectivity index (χ1n) is 9.86. The van der Waals surface area contributed by atoms with Crippen LogP contribution in [0.2, 0.25) is 0 Å². The largest absolute Gasteiger partial charge is 0.355 e. The smallest absolute Gasteiger partial charge is 0.261 e. The summed E-state index contributed by atoms with van der Waals surface area (Å²) in [4.78, 5) is 36.3. The highest BCUT2D eigenvalue weighted by molar-refractivity contribution is 14.0. The Morgan fingerprint density at radius 3 is 2.55 bits per heavy atom. The van der Waals surface area contributed by atoms with Crippen molar-refractivity contribution in [2.45, 2.75) is 12.5 Å². The summed E-state index contributed by atoms with van der Waals surface area (Å²) in [5.74, 6) is 0.0465. The third-order valence-electron chi connectivity index (χ3n) is 5.30. The summed E-state index contributed by atoms with van der Waals surface area (Å²) in [6.07, 6.45) is 2.40. The molecule has 4 rings (SSSR count). The van der Waals surface area contributed by atoms with Crippen molar-refractivity contribution in [2.24, 2.45) is 4.99 Å². The summed E-state index contributed by atoms with van der Waals surface area (Å²) < 4.78 is 14.0. The molecule has 1 fully saturated rings. The van der Waals surface area contributed by atoms with E-state index in [9.17, 15) is 14.0 Å². The van der Waals surface area contributed by atoms with Gasteiger partial charge in [0.05, 0.1) is 11.1 Å². The van der Waals surface area contributed by atoms with Gasteiger partial charge in [0, 0.05) is 45.5 Å². The van der Waals surface area contributed by atoms with Crippen molar-refractivity contribution in [2.75, 3.05) is 38.1 Å². The number of nitrogens with one attached hydrogen (secondary N) is 2. The number of guanidine groups is 1. The van der Waals surface area contributed by atoms with Crippen LogP contribution in [0.3, 0.4) is 0 Å².